The molecule has 3 aliphatic rings. The number of fused-ring (bicyclic) bond motifs is 1. The van der Waals surface area contributed by atoms with E-state index in [1.165, 1.54) is 19.3 Å². The highest BCUT2D eigenvalue weighted by Gasteiger charge is 2.43. The third-order valence-corrected chi connectivity index (χ3v) is 8.86. The average molecular weight is 518 g/mol. The number of nitriles is 1. The number of nitrogens with two attached hydrogens (primary N) is 1. The van der Waals surface area contributed by atoms with Gasteiger partial charge in [-0.2, -0.15) is 10.4 Å². The lowest BCUT2D eigenvalue weighted by Crippen LogP contribution is -2.46. The average Bonchev–Trinajstić information content (AvgIpc) is 3.13. The second kappa shape index (κ2) is 10.6. The Morgan fingerprint density at radius 1 is 0.846 bits per heavy atom. The van der Waals surface area contributed by atoms with Crippen molar-refractivity contribution in [2.24, 2.45) is 11.0 Å². The van der Waals surface area contributed by atoms with Crippen molar-refractivity contribution in [2.45, 2.75) is 69.2 Å². The molecule has 0 aromatic heterocycles. The molecule has 0 atom stereocenters. The van der Waals surface area contributed by atoms with Gasteiger partial charge in [-0.05, 0) is 74.4 Å². The fraction of sp³-hybridized carbons (Fsp3) is 0.364. The SMILES string of the molecule is N#C[C@]1(c2ccccc2)CC[C@H](N2N=C(C3CCCCC3)c3ccccc3N(c3ccc(N)cc3)C2=O)CC1. The molecule has 39 heavy (non-hydrogen) atoms. The second-order valence-electron chi connectivity index (χ2n) is 11.2. The predicted octanol–water partition coefficient (Wildman–Crippen LogP) is 7.53. The van der Waals surface area contributed by atoms with Crippen molar-refractivity contribution < 1.29 is 4.79 Å². The molecule has 0 spiro atoms. The lowest BCUT2D eigenvalue weighted by Gasteiger charge is -2.39. The van der Waals surface area contributed by atoms with Crippen LogP contribution in [0.15, 0.2) is 84.0 Å². The van der Waals surface area contributed by atoms with Gasteiger partial charge < -0.3 is 5.73 Å². The number of amides is 2. The van der Waals surface area contributed by atoms with Crippen LogP contribution in [0.2, 0.25) is 0 Å². The van der Waals surface area contributed by atoms with Crippen molar-refractivity contribution in [2.75, 3.05) is 10.6 Å². The minimum Gasteiger partial charge on any atom is -0.399 e. The standard InChI is InChI=1S/C33H35N5O/c34-23-33(25-11-5-2-6-12-25)21-19-28(20-22-33)38-32(39)37(27-17-15-26(35)16-18-27)30-14-8-7-13-29(30)31(36-38)24-9-3-1-4-10-24/h2,5-8,11-18,24,28H,1,3-4,9-10,19-22,35H2/t28-,33-. The van der Waals surface area contributed by atoms with E-state index in [4.69, 9.17) is 10.8 Å². The largest absolute Gasteiger partial charge is 0.399 e. The van der Waals surface area contributed by atoms with Gasteiger partial charge in [-0.1, -0.05) is 67.8 Å². The molecule has 6 rings (SSSR count). The van der Waals surface area contributed by atoms with Gasteiger partial charge >= 0.3 is 6.03 Å². The summed E-state index contributed by atoms with van der Waals surface area (Å²) in [6.07, 6.45) is 8.66. The van der Waals surface area contributed by atoms with Crippen LogP contribution in [0.3, 0.4) is 0 Å². The number of urea groups is 1. The van der Waals surface area contributed by atoms with Gasteiger partial charge in [-0.15, -0.1) is 0 Å². The highest BCUT2D eigenvalue weighted by Crippen LogP contribution is 2.43. The van der Waals surface area contributed by atoms with Gasteiger partial charge in [0.2, 0.25) is 0 Å². The van der Waals surface area contributed by atoms with Gasteiger partial charge in [0, 0.05) is 17.2 Å². The van der Waals surface area contributed by atoms with Crippen LogP contribution >= 0.6 is 0 Å². The fourth-order valence-corrected chi connectivity index (χ4v) is 6.65. The Labute approximate surface area is 230 Å². The van der Waals surface area contributed by atoms with Crippen LogP contribution in [-0.2, 0) is 5.41 Å². The molecular formula is C33H35N5O. The molecule has 1 heterocycles. The summed E-state index contributed by atoms with van der Waals surface area (Å²) in [6.45, 7) is 0. The van der Waals surface area contributed by atoms with Gasteiger partial charge in [0.25, 0.3) is 0 Å². The van der Waals surface area contributed by atoms with Crippen LogP contribution in [0, 0.1) is 17.2 Å². The molecule has 6 heteroatoms. The zero-order chi connectivity index (χ0) is 26.8. The molecule has 3 aromatic rings. The van der Waals surface area contributed by atoms with Gasteiger partial charge in [-0.3, -0.25) is 4.90 Å². The number of anilines is 3. The normalized spacial score (nSPS) is 23.9. The Kier molecular flexibility index (Phi) is 6.83. The molecule has 0 saturated heterocycles. The van der Waals surface area contributed by atoms with Gasteiger partial charge in [0.15, 0.2) is 0 Å². The number of carbonyl (C=O) groups is 1. The van der Waals surface area contributed by atoms with E-state index < -0.39 is 5.41 Å². The highest BCUT2D eigenvalue weighted by atomic mass is 16.2. The van der Waals surface area contributed by atoms with E-state index in [0.717, 1.165) is 53.9 Å². The van der Waals surface area contributed by atoms with Crippen molar-refractivity contribution in [1.29, 1.82) is 5.26 Å². The number of para-hydroxylation sites is 1. The molecule has 2 fully saturated rings. The minimum atomic E-state index is -0.526. The number of nitrogens with zero attached hydrogens (tertiary/aromatic N) is 4. The summed E-state index contributed by atoms with van der Waals surface area (Å²) in [5, 5.41) is 17.2. The zero-order valence-electron chi connectivity index (χ0n) is 22.3. The lowest BCUT2D eigenvalue weighted by molar-refractivity contribution is 0.153. The first kappa shape index (κ1) is 25.2. The van der Waals surface area contributed by atoms with Crippen molar-refractivity contribution >= 4 is 28.8 Å². The van der Waals surface area contributed by atoms with Crippen LogP contribution in [0.25, 0.3) is 0 Å². The Morgan fingerprint density at radius 3 is 2.21 bits per heavy atom. The molecule has 2 aliphatic carbocycles. The topological polar surface area (TPSA) is 85.7 Å². The van der Waals surface area contributed by atoms with Crippen LogP contribution < -0.4 is 10.6 Å². The Hall–Kier alpha value is -4.11. The maximum absolute atomic E-state index is 14.5. The molecule has 0 bridgehead atoms. The predicted molar refractivity (Wildman–Crippen MR) is 156 cm³/mol. The summed E-state index contributed by atoms with van der Waals surface area (Å²) < 4.78 is 0. The number of carbonyl (C=O) groups excluding carboxylic acids is 1. The molecular weight excluding hydrogens is 482 g/mol. The highest BCUT2D eigenvalue weighted by molar-refractivity contribution is 6.13. The number of benzene rings is 3. The Balaban J connectivity index is 1.41. The monoisotopic (exact) mass is 517 g/mol. The summed E-state index contributed by atoms with van der Waals surface area (Å²) in [6, 6.07) is 28.2. The summed E-state index contributed by atoms with van der Waals surface area (Å²) in [5.74, 6) is 0.327. The molecule has 2 N–H and O–H groups in total. The summed E-state index contributed by atoms with van der Waals surface area (Å²) in [4.78, 5) is 16.3. The first-order chi connectivity index (χ1) is 19.1. The van der Waals surface area contributed by atoms with Crippen molar-refractivity contribution in [3.05, 3.63) is 90.0 Å². The number of hydrazone groups is 1. The quantitative estimate of drug-likeness (QED) is 0.363. The van der Waals surface area contributed by atoms with E-state index in [9.17, 15) is 10.1 Å². The Morgan fingerprint density at radius 2 is 1.51 bits per heavy atom. The van der Waals surface area contributed by atoms with E-state index in [0.29, 0.717) is 24.4 Å². The minimum absolute atomic E-state index is 0.0770. The van der Waals surface area contributed by atoms with E-state index in [1.54, 1.807) is 9.91 Å². The molecule has 1 aliphatic heterocycles. The van der Waals surface area contributed by atoms with Gasteiger partial charge in [-0.25, -0.2) is 9.80 Å². The van der Waals surface area contributed by atoms with Crippen LogP contribution in [0.5, 0.6) is 0 Å². The van der Waals surface area contributed by atoms with Gasteiger partial charge in [0.05, 0.1) is 34.6 Å². The van der Waals surface area contributed by atoms with Crippen LogP contribution in [0.4, 0.5) is 21.9 Å². The van der Waals surface area contributed by atoms with Crippen molar-refractivity contribution in [3.8, 4) is 6.07 Å². The van der Waals surface area contributed by atoms with E-state index in [1.807, 2.05) is 60.7 Å². The number of hydrogen-bond acceptors (Lipinski definition) is 4. The first-order valence-electron chi connectivity index (χ1n) is 14.2. The molecule has 2 saturated carbocycles. The molecule has 2 amide bonds. The molecule has 0 unspecified atom stereocenters. The van der Waals surface area contributed by atoms with Gasteiger partial charge in [0.1, 0.15) is 0 Å². The molecule has 6 nitrogen and oxygen atoms in total. The number of rotatable bonds is 4. The zero-order valence-corrected chi connectivity index (χ0v) is 22.3. The lowest BCUT2D eigenvalue weighted by atomic mass is 9.69. The summed E-state index contributed by atoms with van der Waals surface area (Å²) in [7, 11) is 0. The van der Waals surface area contributed by atoms with E-state index in [2.05, 4.69) is 24.3 Å². The third kappa shape index (κ3) is 4.67. The maximum atomic E-state index is 14.5. The first-order valence-corrected chi connectivity index (χ1v) is 14.2. The maximum Gasteiger partial charge on any atom is 0.349 e. The van der Waals surface area contributed by atoms with Crippen molar-refractivity contribution in [3.63, 3.8) is 0 Å². The third-order valence-electron chi connectivity index (χ3n) is 8.86. The second-order valence-corrected chi connectivity index (χ2v) is 11.2. The number of hydrogen-bond donors (Lipinski definition) is 1. The molecule has 3 aromatic carbocycles. The smallest absolute Gasteiger partial charge is 0.349 e. The summed E-state index contributed by atoms with van der Waals surface area (Å²) >= 11 is 0. The number of nitrogen functional groups attached to an aromatic ring is 1. The molecule has 0 radical (unpaired) electrons. The van der Waals surface area contributed by atoms with Crippen molar-refractivity contribution in [1.82, 2.24) is 5.01 Å². The van der Waals surface area contributed by atoms with E-state index in [-0.39, 0.29) is 12.1 Å². The van der Waals surface area contributed by atoms with Crippen LogP contribution in [-0.4, -0.2) is 22.8 Å². The summed E-state index contributed by atoms with van der Waals surface area (Å²) in [5.41, 5.74) is 10.9. The van der Waals surface area contributed by atoms with E-state index >= 15 is 0 Å². The Bertz CT molecular complexity index is 1390. The van der Waals surface area contributed by atoms with Crippen LogP contribution in [0.1, 0.15) is 68.9 Å². The fourth-order valence-electron chi connectivity index (χ4n) is 6.65. The molecule has 198 valence electrons.